The quantitative estimate of drug-likeness (QED) is 0.366. The van der Waals surface area contributed by atoms with Crippen LogP contribution in [0.4, 0.5) is 13.2 Å². The molecule has 11 heteroatoms. The number of hydrogen-bond acceptors (Lipinski definition) is 4. The monoisotopic (exact) mass is 565 g/mol. The number of carbonyl (C=O) groups excluding carboxylic acids is 2. The molecule has 0 radical (unpaired) electrons. The van der Waals surface area contributed by atoms with E-state index < -0.39 is 36.5 Å². The molecule has 2 amide bonds. The zero-order valence-corrected chi connectivity index (χ0v) is 21.9. The van der Waals surface area contributed by atoms with Crippen molar-refractivity contribution in [2.24, 2.45) is 4.99 Å². The number of unbranched alkanes of at least 4 members (excludes halogenated alkanes) is 1. The molecule has 1 N–H and O–H groups in total. The Morgan fingerprint density at radius 3 is 2.61 bits per heavy atom. The maximum Gasteiger partial charge on any atom is 0.400 e. The number of carbonyl (C=O) groups is 2. The predicted octanol–water partition coefficient (Wildman–Crippen LogP) is 5.28. The molecule has 1 saturated heterocycles. The maximum absolute atomic E-state index is 14.4. The molecule has 2 heterocycles. The molecule has 2 aliphatic heterocycles. The number of nitrogens with one attached hydrogen (secondary N) is 1. The van der Waals surface area contributed by atoms with E-state index in [-0.39, 0.29) is 39.4 Å². The van der Waals surface area contributed by atoms with Crippen LogP contribution >= 0.6 is 23.2 Å². The molecule has 2 atom stereocenters. The fourth-order valence-corrected chi connectivity index (χ4v) is 5.13. The predicted molar refractivity (Wildman–Crippen MR) is 138 cm³/mol. The number of halogens is 5. The summed E-state index contributed by atoms with van der Waals surface area (Å²) in [7, 11) is 0. The first-order chi connectivity index (χ1) is 17.9. The summed E-state index contributed by atoms with van der Waals surface area (Å²) in [5, 5.41) is 4.07. The molecule has 1 fully saturated rings. The minimum atomic E-state index is -4.61. The maximum atomic E-state index is 14.4. The molecule has 0 spiro atoms. The number of rotatable bonds is 7. The van der Waals surface area contributed by atoms with Crippen LogP contribution in [0.3, 0.4) is 0 Å². The molecular formula is C27H24Cl2F3N3O3. The Bertz CT molecular complexity index is 1320. The second kappa shape index (κ2) is 11.0. The molecule has 2 aliphatic rings. The van der Waals surface area contributed by atoms with Crippen molar-refractivity contribution in [3.8, 4) is 12.3 Å². The highest BCUT2D eigenvalue weighted by Gasteiger charge is 2.58. The van der Waals surface area contributed by atoms with Crippen molar-refractivity contribution in [1.82, 2.24) is 10.4 Å². The number of terminal acetylenes is 1. The second-order valence-corrected chi connectivity index (χ2v) is 10.2. The van der Waals surface area contributed by atoms with E-state index in [0.29, 0.717) is 30.5 Å². The molecule has 2 aromatic rings. The van der Waals surface area contributed by atoms with Gasteiger partial charge in [-0.1, -0.05) is 29.3 Å². The number of hydrogen-bond donors (Lipinski definition) is 1. The first-order valence-corrected chi connectivity index (χ1v) is 12.6. The molecule has 200 valence electrons. The molecule has 6 nitrogen and oxygen atoms in total. The molecular weight excluding hydrogens is 542 g/mol. The van der Waals surface area contributed by atoms with Crippen LogP contribution in [0.15, 0.2) is 41.4 Å². The van der Waals surface area contributed by atoms with Gasteiger partial charge in [-0.05, 0) is 60.4 Å². The average molecular weight is 566 g/mol. The summed E-state index contributed by atoms with van der Waals surface area (Å²) in [6.45, 7) is 1.49. The standard InChI is InChI=1S/C27H24Cl2F3N3O3/c1-3-4-5-8-35-25(37)23(14-38-35)34-24(36)21-7-6-17(9-16(21)2)22-13-26(15-33-22,27(30,31)32)18-10-19(28)12-20(29)11-18/h1,6-7,9-12,23H,4-5,8,13-15H2,2H3,(H,34,36)/t23-,26?/m1/s1. The molecule has 38 heavy (non-hydrogen) atoms. The van der Waals surface area contributed by atoms with Crippen LogP contribution in [-0.4, -0.2) is 54.5 Å². The van der Waals surface area contributed by atoms with E-state index in [2.05, 4.69) is 16.2 Å². The van der Waals surface area contributed by atoms with Crippen LogP contribution in [0.5, 0.6) is 0 Å². The van der Waals surface area contributed by atoms with E-state index in [9.17, 15) is 22.8 Å². The Labute approximate surface area is 228 Å². The molecule has 0 bridgehead atoms. The van der Waals surface area contributed by atoms with Crippen LogP contribution in [0, 0.1) is 19.3 Å². The van der Waals surface area contributed by atoms with Gasteiger partial charge in [0.15, 0.2) is 0 Å². The number of amides is 2. The summed E-state index contributed by atoms with van der Waals surface area (Å²) >= 11 is 12.0. The van der Waals surface area contributed by atoms with E-state index in [1.807, 2.05) is 0 Å². The number of aliphatic imine (C=N–C) groups is 1. The number of alkyl halides is 3. The Balaban J connectivity index is 1.49. The zero-order chi connectivity index (χ0) is 27.7. The van der Waals surface area contributed by atoms with Gasteiger partial charge in [0.05, 0.1) is 6.54 Å². The van der Waals surface area contributed by atoms with E-state index in [0.717, 1.165) is 0 Å². The van der Waals surface area contributed by atoms with Crippen molar-refractivity contribution < 1.29 is 27.6 Å². The van der Waals surface area contributed by atoms with Crippen molar-refractivity contribution in [2.75, 3.05) is 19.7 Å². The smallest absolute Gasteiger partial charge is 0.338 e. The first-order valence-electron chi connectivity index (χ1n) is 11.8. The highest BCUT2D eigenvalue weighted by molar-refractivity contribution is 6.34. The zero-order valence-electron chi connectivity index (χ0n) is 20.4. The minimum Gasteiger partial charge on any atom is -0.338 e. The molecule has 0 saturated carbocycles. The lowest BCUT2D eigenvalue weighted by Crippen LogP contribution is -2.43. The number of hydroxylamine groups is 2. The van der Waals surface area contributed by atoms with Crippen molar-refractivity contribution in [1.29, 1.82) is 0 Å². The van der Waals surface area contributed by atoms with Crippen molar-refractivity contribution in [2.45, 2.75) is 43.8 Å². The van der Waals surface area contributed by atoms with Gasteiger partial charge in [0, 0.05) is 40.7 Å². The summed E-state index contributed by atoms with van der Waals surface area (Å²) in [6, 6.07) is 7.75. The van der Waals surface area contributed by atoms with Gasteiger partial charge in [-0.2, -0.15) is 13.2 Å². The topological polar surface area (TPSA) is 71.0 Å². The van der Waals surface area contributed by atoms with Gasteiger partial charge in [0.25, 0.3) is 11.8 Å². The van der Waals surface area contributed by atoms with Gasteiger partial charge >= 0.3 is 6.18 Å². The normalized spacial score (nSPS) is 21.4. The van der Waals surface area contributed by atoms with Crippen LogP contribution in [0.2, 0.25) is 10.0 Å². The summed E-state index contributed by atoms with van der Waals surface area (Å²) in [5.41, 5.74) is -0.778. The van der Waals surface area contributed by atoms with E-state index in [1.54, 1.807) is 19.1 Å². The second-order valence-electron chi connectivity index (χ2n) is 9.28. The largest absolute Gasteiger partial charge is 0.400 e. The molecule has 4 rings (SSSR count). The molecule has 2 aromatic carbocycles. The van der Waals surface area contributed by atoms with Crippen LogP contribution in [0.1, 0.15) is 46.3 Å². The van der Waals surface area contributed by atoms with Gasteiger partial charge in [0.1, 0.15) is 18.1 Å². The van der Waals surface area contributed by atoms with Crippen LogP contribution in [0.25, 0.3) is 0 Å². The summed E-state index contributed by atoms with van der Waals surface area (Å²) in [5.74, 6) is 1.63. The highest BCUT2D eigenvalue weighted by Crippen LogP contribution is 2.48. The summed E-state index contributed by atoms with van der Waals surface area (Å²) in [4.78, 5) is 35.0. The molecule has 0 aromatic heterocycles. The Hall–Kier alpha value is -3.06. The lowest BCUT2D eigenvalue weighted by Gasteiger charge is -2.31. The molecule has 0 aliphatic carbocycles. The lowest BCUT2D eigenvalue weighted by atomic mass is 9.76. The minimum absolute atomic E-state index is 0.00160. The Kier molecular flexibility index (Phi) is 8.07. The van der Waals surface area contributed by atoms with Crippen molar-refractivity contribution >= 4 is 40.7 Å². The van der Waals surface area contributed by atoms with E-state index in [1.165, 1.54) is 29.3 Å². The number of benzene rings is 2. The Morgan fingerprint density at radius 1 is 1.26 bits per heavy atom. The molecule has 1 unspecified atom stereocenters. The summed E-state index contributed by atoms with van der Waals surface area (Å²) < 4.78 is 43.1. The SMILES string of the molecule is C#CCCCN1OC[C@@H](NC(=O)c2ccc(C3=NCC(c4cc(Cl)cc(Cl)c4)(C(F)(F)F)C3)cc2C)C1=O. The first kappa shape index (κ1) is 28.0. The van der Waals surface area contributed by atoms with Crippen molar-refractivity contribution in [3.05, 3.63) is 68.7 Å². The van der Waals surface area contributed by atoms with Gasteiger partial charge in [-0.3, -0.25) is 19.4 Å². The average Bonchev–Trinajstić information content (AvgIpc) is 3.44. The van der Waals surface area contributed by atoms with Crippen LogP contribution < -0.4 is 5.32 Å². The van der Waals surface area contributed by atoms with E-state index in [4.69, 9.17) is 34.5 Å². The highest BCUT2D eigenvalue weighted by atomic mass is 35.5. The van der Waals surface area contributed by atoms with E-state index >= 15 is 0 Å². The van der Waals surface area contributed by atoms with Gasteiger partial charge in [-0.15, -0.1) is 12.3 Å². The third kappa shape index (κ3) is 5.53. The number of aryl methyl sites for hydroxylation is 1. The van der Waals surface area contributed by atoms with Gasteiger partial charge in [-0.25, -0.2) is 5.06 Å². The Morgan fingerprint density at radius 2 is 1.97 bits per heavy atom. The summed E-state index contributed by atoms with van der Waals surface area (Å²) in [6.07, 6.45) is 1.29. The number of nitrogens with zero attached hydrogens (tertiary/aromatic N) is 2. The fraction of sp³-hybridized carbons (Fsp3) is 0.370. The lowest BCUT2D eigenvalue weighted by molar-refractivity contribution is -0.183. The van der Waals surface area contributed by atoms with Gasteiger partial charge < -0.3 is 5.32 Å². The third-order valence-electron chi connectivity index (χ3n) is 6.70. The third-order valence-corrected chi connectivity index (χ3v) is 7.14. The van der Waals surface area contributed by atoms with Crippen molar-refractivity contribution in [3.63, 3.8) is 0 Å². The fourth-order valence-electron chi connectivity index (χ4n) is 4.61. The van der Waals surface area contributed by atoms with Gasteiger partial charge in [0.2, 0.25) is 0 Å². The van der Waals surface area contributed by atoms with Crippen LogP contribution in [-0.2, 0) is 15.0 Å².